The van der Waals surface area contributed by atoms with E-state index >= 15 is 0 Å². The molecule has 1 aliphatic heterocycles. The number of hydrogen-bond donors (Lipinski definition) is 2. The molecule has 1 heterocycles. The molecule has 1 unspecified atom stereocenters. The number of aliphatic carboxylic acids is 1. The van der Waals surface area contributed by atoms with Crippen molar-refractivity contribution in [3.63, 3.8) is 0 Å². The van der Waals surface area contributed by atoms with Crippen molar-refractivity contribution in [3.8, 4) is 0 Å². The molecule has 2 fully saturated rings. The van der Waals surface area contributed by atoms with E-state index in [4.69, 9.17) is 0 Å². The predicted molar refractivity (Wildman–Crippen MR) is 102 cm³/mol. The number of rotatable bonds is 4. The van der Waals surface area contributed by atoms with Gasteiger partial charge in [0, 0.05) is 18.0 Å². The van der Waals surface area contributed by atoms with Crippen LogP contribution >= 0.6 is 0 Å². The Morgan fingerprint density at radius 1 is 1.25 bits per heavy atom. The molecule has 0 bridgehead atoms. The van der Waals surface area contributed by atoms with E-state index in [0.717, 1.165) is 12.1 Å². The minimum Gasteiger partial charge on any atom is -0.480 e. The van der Waals surface area contributed by atoms with E-state index in [0.29, 0.717) is 6.54 Å². The summed E-state index contributed by atoms with van der Waals surface area (Å²) in [4.78, 5) is 26.9. The second-order valence-corrected chi connectivity index (χ2v) is 9.86. The van der Waals surface area contributed by atoms with Gasteiger partial charge in [0.25, 0.3) is 0 Å². The summed E-state index contributed by atoms with van der Waals surface area (Å²) in [6, 6.07) is 1.33. The number of carboxylic acids is 1. The summed E-state index contributed by atoms with van der Waals surface area (Å²) in [6.07, 6.45) is 0. The Balaban J connectivity index is 1.92. The second-order valence-electron chi connectivity index (χ2n) is 9.86. The Morgan fingerprint density at radius 3 is 2.36 bits per heavy atom. The number of piperidine rings is 1. The molecule has 1 aromatic rings. The van der Waals surface area contributed by atoms with E-state index in [1.54, 1.807) is 0 Å². The van der Waals surface area contributed by atoms with Crippen LogP contribution in [0, 0.1) is 33.8 Å². The van der Waals surface area contributed by atoms with Crippen LogP contribution in [0.1, 0.15) is 41.5 Å². The topological polar surface area (TPSA) is 69.6 Å². The molecule has 154 valence electrons. The van der Waals surface area contributed by atoms with Crippen LogP contribution < -0.4 is 5.32 Å². The lowest BCUT2D eigenvalue weighted by molar-refractivity contribution is -0.153. The Morgan fingerprint density at radius 2 is 1.86 bits per heavy atom. The van der Waals surface area contributed by atoms with E-state index in [9.17, 15) is 23.5 Å². The minimum atomic E-state index is -1.02. The molecule has 1 aromatic carbocycles. The van der Waals surface area contributed by atoms with Crippen molar-refractivity contribution in [1.82, 2.24) is 4.90 Å². The average molecular weight is 394 g/mol. The number of carbonyl (C=O) groups is 2. The number of hydrogen-bond acceptors (Lipinski definition) is 3. The molecule has 0 spiro atoms. The number of nitrogens with one attached hydrogen (secondary N) is 1. The van der Waals surface area contributed by atoms with E-state index in [2.05, 4.69) is 5.32 Å². The largest absolute Gasteiger partial charge is 0.480 e. The number of anilines is 1. The van der Waals surface area contributed by atoms with Gasteiger partial charge in [-0.1, -0.05) is 41.5 Å². The first-order valence-electron chi connectivity index (χ1n) is 9.47. The minimum absolute atomic E-state index is 0.0115. The summed E-state index contributed by atoms with van der Waals surface area (Å²) < 4.78 is 27.4. The SMILES string of the molecule is CC(C)(C)[C@H](Nc1ccc(F)cc1F)C(=O)N1C[C@@H]2C(C)(C)C2(C)[C@H]1C(=O)O. The van der Waals surface area contributed by atoms with Gasteiger partial charge < -0.3 is 15.3 Å². The average Bonchev–Trinajstić information content (AvgIpc) is 2.84. The highest BCUT2D eigenvalue weighted by Gasteiger charge is 2.78. The van der Waals surface area contributed by atoms with Crippen molar-refractivity contribution < 1.29 is 23.5 Å². The number of benzene rings is 1. The van der Waals surface area contributed by atoms with Gasteiger partial charge >= 0.3 is 5.97 Å². The van der Waals surface area contributed by atoms with E-state index in [-0.39, 0.29) is 22.9 Å². The van der Waals surface area contributed by atoms with E-state index in [1.165, 1.54) is 11.0 Å². The Hall–Kier alpha value is -2.18. The van der Waals surface area contributed by atoms with Crippen molar-refractivity contribution in [2.45, 2.75) is 53.6 Å². The van der Waals surface area contributed by atoms with Crippen LogP contribution in [-0.4, -0.2) is 40.5 Å². The van der Waals surface area contributed by atoms with Crippen LogP contribution in [-0.2, 0) is 9.59 Å². The lowest BCUT2D eigenvalue weighted by Gasteiger charge is -2.38. The third-order valence-electron chi connectivity index (χ3n) is 7.02. The molecule has 4 atom stereocenters. The van der Waals surface area contributed by atoms with Crippen LogP contribution in [0.25, 0.3) is 0 Å². The normalized spacial score (nSPS) is 29.2. The number of halogens is 2. The molecule has 1 saturated heterocycles. The molecule has 2 aliphatic rings. The van der Waals surface area contributed by atoms with Gasteiger partial charge in [-0.05, 0) is 28.9 Å². The number of carbonyl (C=O) groups excluding carboxylic acids is 1. The molecule has 5 nitrogen and oxygen atoms in total. The van der Waals surface area contributed by atoms with Crippen LogP contribution in [0.5, 0.6) is 0 Å². The van der Waals surface area contributed by atoms with Crippen LogP contribution in [0.4, 0.5) is 14.5 Å². The van der Waals surface area contributed by atoms with Gasteiger partial charge in [-0.15, -0.1) is 0 Å². The maximum absolute atomic E-state index is 14.2. The second kappa shape index (κ2) is 6.16. The Kier molecular flexibility index (Phi) is 4.52. The molecular weight excluding hydrogens is 366 g/mol. The predicted octanol–water partition coefficient (Wildman–Crippen LogP) is 3.75. The van der Waals surface area contributed by atoms with Crippen molar-refractivity contribution in [3.05, 3.63) is 29.8 Å². The lowest BCUT2D eigenvalue weighted by atomic mass is 9.84. The number of likely N-dealkylation sites (tertiary alicyclic amines) is 1. The summed E-state index contributed by atoms with van der Waals surface area (Å²) in [7, 11) is 0. The first kappa shape index (κ1) is 20.6. The van der Waals surface area contributed by atoms with Gasteiger partial charge in [0.1, 0.15) is 23.7 Å². The highest BCUT2D eigenvalue weighted by Crippen LogP contribution is 2.74. The van der Waals surface area contributed by atoms with E-state index in [1.807, 2.05) is 41.5 Å². The van der Waals surface area contributed by atoms with E-state index < -0.39 is 40.5 Å². The fraction of sp³-hybridized carbons (Fsp3) is 0.619. The monoisotopic (exact) mass is 394 g/mol. The lowest BCUT2D eigenvalue weighted by Crippen LogP contribution is -2.55. The number of fused-ring (bicyclic) bond motifs is 1. The van der Waals surface area contributed by atoms with Crippen LogP contribution in [0.15, 0.2) is 18.2 Å². The molecule has 0 aromatic heterocycles. The summed E-state index contributed by atoms with van der Waals surface area (Å²) in [5.74, 6) is -2.80. The summed E-state index contributed by atoms with van der Waals surface area (Å²) in [6.45, 7) is 11.8. The molecule has 2 N–H and O–H groups in total. The van der Waals surface area contributed by atoms with Gasteiger partial charge in [-0.25, -0.2) is 13.6 Å². The quantitative estimate of drug-likeness (QED) is 0.816. The highest BCUT2D eigenvalue weighted by atomic mass is 19.1. The zero-order valence-electron chi connectivity index (χ0n) is 17.1. The third kappa shape index (κ3) is 2.86. The standard InChI is InChI=1S/C21H28F2N2O3/c1-19(2,3)15(24-13-8-7-11(22)9-12(13)23)17(26)25-10-14-20(4,5)21(14,6)16(25)18(27)28/h7-9,14-16,24H,10H2,1-6H3,(H,27,28)/t14-,15-,16-,21?/m1/s1. The zero-order valence-corrected chi connectivity index (χ0v) is 17.1. The fourth-order valence-corrected chi connectivity index (χ4v) is 4.91. The molecule has 1 aliphatic carbocycles. The first-order valence-corrected chi connectivity index (χ1v) is 9.47. The number of carboxylic acid groups (broad SMARTS) is 1. The van der Waals surface area contributed by atoms with Gasteiger partial charge in [0.15, 0.2) is 0 Å². The zero-order chi connectivity index (χ0) is 21.2. The van der Waals surface area contributed by atoms with Crippen molar-refractivity contribution in [2.24, 2.45) is 22.2 Å². The molecule has 1 saturated carbocycles. The molecule has 1 amide bonds. The Labute approximate surface area is 164 Å². The van der Waals surface area contributed by atoms with Gasteiger partial charge in [0.05, 0.1) is 5.69 Å². The van der Waals surface area contributed by atoms with Crippen LogP contribution in [0.3, 0.4) is 0 Å². The summed E-state index contributed by atoms with van der Waals surface area (Å²) in [5, 5.41) is 12.7. The van der Waals surface area contributed by atoms with Crippen molar-refractivity contribution in [2.75, 3.05) is 11.9 Å². The fourth-order valence-electron chi connectivity index (χ4n) is 4.91. The van der Waals surface area contributed by atoms with Crippen LogP contribution in [0.2, 0.25) is 0 Å². The summed E-state index contributed by atoms with van der Waals surface area (Å²) >= 11 is 0. The molecule has 3 rings (SSSR count). The third-order valence-corrected chi connectivity index (χ3v) is 7.02. The number of amides is 1. The maximum Gasteiger partial charge on any atom is 0.327 e. The molecule has 7 heteroatoms. The first-order chi connectivity index (χ1) is 12.7. The highest BCUT2D eigenvalue weighted by molar-refractivity contribution is 5.91. The molecule has 28 heavy (non-hydrogen) atoms. The van der Waals surface area contributed by atoms with Crippen molar-refractivity contribution in [1.29, 1.82) is 0 Å². The van der Waals surface area contributed by atoms with Gasteiger partial charge in [-0.3, -0.25) is 4.79 Å². The smallest absolute Gasteiger partial charge is 0.327 e. The molecule has 0 radical (unpaired) electrons. The van der Waals surface area contributed by atoms with Gasteiger partial charge in [0.2, 0.25) is 5.91 Å². The Bertz CT molecular complexity index is 833. The van der Waals surface area contributed by atoms with Crippen molar-refractivity contribution >= 4 is 17.6 Å². The molecular formula is C21H28F2N2O3. The maximum atomic E-state index is 14.2. The summed E-state index contributed by atoms with van der Waals surface area (Å²) in [5.41, 5.74) is -1.25. The van der Waals surface area contributed by atoms with Gasteiger partial charge in [-0.2, -0.15) is 0 Å². The number of nitrogens with zero attached hydrogens (tertiary/aromatic N) is 1.